The third-order valence-electron chi connectivity index (χ3n) is 3.88. The highest BCUT2D eigenvalue weighted by Crippen LogP contribution is 2.31. The van der Waals surface area contributed by atoms with Crippen LogP contribution in [0.25, 0.3) is 11.2 Å². The standard InChI is InChI=1S/C17H15N5O5/c1-26-16(24)12-10-4-3-5-11-20-14(19-6-7-23)9(8-18)15(22(10)11)21-13(12)17(25)27-2/h3-5,21,23H,6-7H2,1-2H3. The van der Waals surface area contributed by atoms with Crippen molar-refractivity contribution < 1.29 is 24.2 Å². The van der Waals surface area contributed by atoms with Crippen molar-refractivity contribution >= 4 is 29.0 Å². The van der Waals surface area contributed by atoms with Crippen molar-refractivity contribution in [2.24, 2.45) is 4.99 Å². The zero-order chi connectivity index (χ0) is 19.6. The summed E-state index contributed by atoms with van der Waals surface area (Å²) in [6, 6.07) is 6.90. The first-order valence-electron chi connectivity index (χ1n) is 7.82. The fraction of sp³-hybridized carbons (Fsp3) is 0.235. The van der Waals surface area contributed by atoms with E-state index < -0.39 is 11.9 Å². The molecule has 10 nitrogen and oxygen atoms in total. The molecule has 27 heavy (non-hydrogen) atoms. The Morgan fingerprint density at radius 3 is 2.70 bits per heavy atom. The highest BCUT2D eigenvalue weighted by atomic mass is 16.5. The van der Waals surface area contributed by atoms with Crippen LogP contribution in [0.15, 0.2) is 28.9 Å². The quantitative estimate of drug-likeness (QED) is 0.693. The molecule has 0 radical (unpaired) electrons. The van der Waals surface area contributed by atoms with Gasteiger partial charge < -0.3 is 19.9 Å². The number of hydrogen-bond donors (Lipinski definition) is 2. The van der Waals surface area contributed by atoms with Gasteiger partial charge in [-0.15, -0.1) is 0 Å². The Morgan fingerprint density at radius 1 is 1.33 bits per heavy atom. The van der Waals surface area contributed by atoms with E-state index in [0.29, 0.717) is 11.3 Å². The van der Waals surface area contributed by atoms with Crippen LogP contribution < -0.4 is 10.8 Å². The average molecular weight is 369 g/mol. The molecule has 0 saturated carbocycles. The van der Waals surface area contributed by atoms with Crippen LogP contribution in [0, 0.1) is 11.3 Å². The molecule has 0 aromatic carbocycles. The van der Waals surface area contributed by atoms with Gasteiger partial charge in [0.05, 0.1) is 33.1 Å². The van der Waals surface area contributed by atoms with Gasteiger partial charge >= 0.3 is 11.9 Å². The van der Waals surface area contributed by atoms with Crippen LogP contribution in [-0.4, -0.2) is 53.8 Å². The van der Waals surface area contributed by atoms with Crippen LogP contribution in [0.2, 0.25) is 0 Å². The highest BCUT2D eigenvalue weighted by molar-refractivity contribution is 6.24. The number of carbonyl (C=O) groups excluding carboxylic acids is 2. The largest absolute Gasteiger partial charge is 0.465 e. The molecular weight excluding hydrogens is 354 g/mol. The number of anilines is 1. The van der Waals surface area contributed by atoms with Crippen LogP contribution in [-0.2, 0) is 19.1 Å². The van der Waals surface area contributed by atoms with Crippen molar-refractivity contribution in [2.45, 2.75) is 0 Å². The molecule has 2 N–H and O–H groups in total. The highest BCUT2D eigenvalue weighted by Gasteiger charge is 2.32. The van der Waals surface area contributed by atoms with Gasteiger partial charge in [-0.05, 0) is 12.1 Å². The number of hydrogen-bond acceptors (Lipinski definition) is 9. The molecule has 2 aromatic rings. The number of carbonyl (C=O) groups is 2. The van der Waals surface area contributed by atoms with Gasteiger partial charge in [0.1, 0.15) is 34.4 Å². The number of nitrogens with one attached hydrogen (secondary N) is 1. The zero-order valence-electron chi connectivity index (χ0n) is 14.5. The molecule has 0 saturated heterocycles. The molecule has 0 atom stereocenters. The molecule has 1 aliphatic heterocycles. The Morgan fingerprint density at radius 2 is 2.07 bits per heavy atom. The van der Waals surface area contributed by atoms with Gasteiger partial charge in [0, 0.05) is 0 Å². The predicted molar refractivity (Wildman–Crippen MR) is 92.0 cm³/mol. The number of methoxy groups -OCH3 is 2. The SMILES string of the molecule is COC(=O)C1=C(C(=O)OC)c2cccc3nc(=NCCO)c(C#N)c(n23)N1. The fourth-order valence-corrected chi connectivity index (χ4v) is 2.76. The first-order chi connectivity index (χ1) is 13.1. The molecule has 0 unspecified atom stereocenters. The number of aromatic nitrogens is 2. The summed E-state index contributed by atoms with van der Waals surface area (Å²) in [5.74, 6) is -1.34. The minimum atomic E-state index is -0.798. The molecule has 138 valence electrons. The van der Waals surface area contributed by atoms with Gasteiger partial charge in [-0.1, -0.05) is 6.07 Å². The smallest absolute Gasteiger partial charge is 0.355 e. The summed E-state index contributed by atoms with van der Waals surface area (Å²) < 4.78 is 11.1. The van der Waals surface area contributed by atoms with Crippen molar-refractivity contribution in [2.75, 3.05) is 32.7 Å². The van der Waals surface area contributed by atoms with Crippen LogP contribution in [0.5, 0.6) is 0 Å². The summed E-state index contributed by atoms with van der Waals surface area (Å²) in [6.07, 6.45) is 0. The lowest BCUT2D eigenvalue weighted by Crippen LogP contribution is -2.30. The molecule has 10 heteroatoms. The summed E-state index contributed by atoms with van der Waals surface area (Å²) in [7, 11) is 2.37. The monoisotopic (exact) mass is 369 g/mol. The summed E-state index contributed by atoms with van der Waals surface area (Å²) in [4.78, 5) is 33.0. The van der Waals surface area contributed by atoms with E-state index in [0.717, 1.165) is 0 Å². The van der Waals surface area contributed by atoms with Crippen LogP contribution in [0.1, 0.15) is 11.3 Å². The van der Waals surface area contributed by atoms with E-state index in [2.05, 4.69) is 15.3 Å². The number of nitrogens with zero attached hydrogens (tertiary/aromatic N) is 4. The number of rotatable bonds is 4. The van der Waals surface area contributed by atoms with Crippen molar-refractivity contribution in [3.63, 3.8) is 0 Å². The Hall–Kier alpha value is -3.71. The number of aliphatic hydroxyl groups excluding tert-OH is 1. The molecule has 0 spiro atoms. The number of esters is 2. The van der Waals surface area contributed by atoms with Crippen molar-refractivity contribution in [3.8, 4) is 6.07 Å². The maximum atomic E-state index is 12.3. The van der Waals surface area contributed by atoms with Crippen LogP contribution >= 0.6 is 0 Å². The van der Waals surface area contributed by atoms with E-state index in [1.807, 2.05) is 6.07 Å². The second kappa shape index (κ2) is 7.27. The van der Waals surface area contributed by atoms with E-state index in [1.165, 1.54) is 18.6 Å². The zero-order valence-corrected chi connectivity index (χ0v) is 14.5. The van der Waals surface area contributed by atoms with Gasteiger partial charge in [0.2, 0.25) is 0 Å². The summed E-state index contributed by atoms with van der Waals surface area (Å²) in [5.41, 5.74) is 0.656. The van der Waals surface area contributed by atoms with Crippen molar-refractivity contribution in [3.05, 3.63) is 40.6 Å². The summed E-state index contributed by atoms with van der Waals surface area (Å²) in [5, 5.41) is 21.4. The molecule has 0 aliphatic carbocycles. The Kier molecular flexibility index (Phi) is 4.87. The Bertz CT molecular complexity index is 1090. The number of ether oxygens (including phenoxy) is 2. The number of nitriles is 1. The van der Waals surface area contributed by atoms with E-state index in [9.17, 15) is 14.9 Å². The van der Waals surface area contributed by atoms with Crippen molar-refractivity contribution in [1.29, 1.82) is 5.26 Å². The van der Waals surface area contributed by atoms with Gasteiger partial charge in [-0.2, -0.15) is 5.26 Å². The average Bonchev–Trinajstić information content (AvgIpc) is 2.70. The molecule has 0 amide bonds. The third-order valence-corrected chi connectivity index (χ3v) is 3.88. The minimum Gasteiger partial charge on any atom is -0.465 e. The van der Waals surface area contributed by atoms with Gasteiger partial charge in [-0.3, -0.25) is 9.39 Å². The molecule has 3 rings (SSSR count). The number of pyridine rings is 1. The first-order valence-corrected chi connectivity index (χ1v) is 7.82. The number of aliphatic hydroxyl groups is 1. The molecule has 2 aromatic heterocycles. The normalized spacial score (nSPS) is 13.2. The van der Waals surface area contributed by atoms with Gasteiger partial charge in [-0.25, -0.2) is 14.6 Å². The Labute approximate surface area is 153 Å². The van der Waals surface area contributed by atoms with Crippen LogP contribution in [0.4, 0.5) is 5.82 Å². The van der Waals surface area contributed by atoms with E-state index in [4.69, 9.17) is 14.6 Å². The topological polar surface area (TPSA) is 138 Å². The lowest BCUT2D eigenvalue weighted by molar-refractivity contribution is -0.137. The van der Waals surface area contributed by atoms with E-state index in [1.54, 1.807) is 18.2 Å². The molecular formula is C17H15N5O5. The van der Waals surface area contributed by atoms with Gasteiger partial charge in [0.25, 0.3) is 0 Å². The third kappa shape index (κ3) is 2.90. The lowest BCUT2D eigenvalue weighted by Gasteiger charge is -2.24. The van der Waals surface area contributed by atoms with Gasteiger partial charge in [0.15, 0.2) is 5.49 Å². The molecule has 0 fully saturated rings. The summed E-state index contributed by atoms with van der Waals surface area (Å²) >= 11 is 0. The molecule has 0 bridgehead atoms. The van der Waals surface area contributed by atoms with Crippen LogP contribution in [0.3, 0.4) is 0 Å². The lowest BCUT2D eigenvalue weighted by atomic mass is 10.1. The second-order valence-corrected chi connectivity index (χ2v) is 5.34. The molecule has 1 aliphatic rings. The molecule has 3 heterocycles. The van der Waals surface area contributed by atoms with E-state index >= 15 is 0 Å². The van der Waals surface area contributed by atoms with Crippen molar-refractivity contribution in [1.82, 2.24) is 9.38 Å². The predicted octanol–water partition coefficient (Wildman–Crippen LogP) is -0.418. The second-order valence-electron chi connectivity index (χ2n) is 5.34. The van der Waals surface area contributed by atoms with E-state index in [-0.39, 0.29) is 41.3 Å². The fourth-order valence-electron chi connectivity index (χ4n) is 2.76. The first kappa shape index (κ1) is 18.1. The minimum absolute atomic E-state index is 0.0433. The Balaban J connectivity index is 2.44. The summed E-state index contributed by atoms with van der Waals surface area (Å²) in [6.45, 7) is -0.148. The maximum absolute atomic E-state index is 12.3. The maximum Gasteiger partial charge on any atom is 0.355 e.